The molecule has 1 aromatic carbocycles. The van der Waals surface area contributed by atoms with Crippen LogP contribution in [0.4, 0.5) is 18.0 Å². The van der Waals surface area contributed by atoms with Gasteiger partial charge >= 0.3 is 12.3 Å². The number of benzene rings is 1. The molecule has 2 rings (SSSR count). The highest BCUT2D eigenvalue weighted by molar-refractivity contribution is 5.69. The Morgan fingerprint density at radius 2 is 2.05 bits per heavy atom. The fraction of sp³-hybridized carbons (Fsp3) is 0.462. The molecule has 1 heterocycles. The smallest absolute Gasteiger partial charge is 0.416 e. The van der Waals surface area contributed by atoms with E-state index in [1.807, 2.05) is 0 Å². The molecule has 1 atom stereocenters. The van der Waals surface area contributed by atoms with Crippen molar-refractivity contribution in [1.29, 1.82) is 0 Å². The molecular formula is C13H15F3N2O2. The Morgan fingerprint density at radius 3 is 2.70 bits per heavy atom. The monoisotopic (exact) mass is 288 g/mol. The Labute approximate surface area is 114 Å². The maximum atomic E-state index is 13.1. The van der Waals surface area contributed by atoms with E-state index in [0.29, 0.717) is 6.42 Å². The van der Waals surface area contributed by atoms with Crippen LogP contribution in [-0.2, 0) is 10.9 Å². The summed E-state index contributed by atoms with van der Waals surface area (Å²) in [5.74, 6) is 0. The van der Waals surface area contributed by atoms with E-state index in [0.717, 1.165) is 6.07 Å². The van der Waals surface area contributed by atoms with Crippen LogP contribution in [0.3, 0.4) is 0 Å². The van der Waals surface area contributed by atoms with Crippen LogP contribution in [0.5, 0.6) is 0 Å². The van der Waals surface area contributed by atoms with Gasteiger partial charge in [0, 0.05) is 19.5 Å². The summed E-state index contributed by atoms with van der Waals surface area (Å²) in [4.78, 5) is 13.0. The predicted octanol–water partition coefficient (Wildman–Crippen LogP) is 2.55. The lowest BCUT2D eigenvalue weighted by Gasteiger charge is -2.36. The molecule has 110 valence electrons. The number of amides is 1. The molecule has 0 saturated carbocycles. The summed E-state index contributed by atoms with van der Waals surface area (Å²) >= 11 is 0. The third-order valence-corrected chi connectivity index (χ3v) is 3.22. The van der Waals surface area contributed by atoms with Gasteiger partial charge in [0.1, 0.15) is 0 Å². The lowest BCUT2D eigenvalue weighted by atomic mass is 9.96. The summed E-state index contributed by atoms with van der Waals surface area (Å²) in [7, 11) is 0. The standard InChI is InChI=1S/C13H15F3N2O2/c14-13(15,16)10-4-2-1-3-9(10)11-5-8-20-12(19)18(11)7-6-17/h1-4,11H,5-8,17H2. The molecular weight excluding hydrogens is 273 g/mol. The molecule has 20 heavy (non-hydrogen) atoms. The molecule has 2 N–H and O–H groups in total. The molecule has 4 nitrogen and oxygen atoms in total. The normalized spacial score (nSPS) is 19.9. The van der Waals surface area contributed by atoms with Crippen LogP contribution in [0.15, 0.2) is 24.3 Å². The van der Waals surface area contributed by atoms with Crippen molar-refractivity contribution >= 4 is 6.09 Å². The number of rotatable bonds is 3. The van der Waals surface area contributed by atoms with Crippen LogP contribution in [0.25, 0.3) is 0 Å². The van der Waals surface area contributed by atoms with Crippen LogP contribution in [0.2, 0.25) is 0 Å². The number of nitrogens with zero attached hydrogens (tertiary/aromatic N) is 1. The maximum absolute atomic E-state index is 13.1. The van der Waals surface area contributed by atoms with E-state index in [4.69, 9.17) is 10.5 Å². The average molecular weight is 288 g/mol. The first-order valence-corrected chi connectivity index (χ1v) is 6.24. The number of alkyl halides is 3. The minimum Gasteiger partial charge on any atom is -0.449 e. The number of carbonyl (C=O) groups is 1. The molecule has 1 aliphatic rings. The van der Waals surface area contributed by atoms with Gasteiger partial charge in [-0.05, 0) is 11.6 Å². The minimum atomic E-state index is -4.45. The van der Waals surface area contributed by atoms with Gasteiger partial charge < -0.3 is 10.5 Å². The molecule has 0 aromatic heterocycles. The summed E-state index contributed by atoms with van der Waals surface area (Å²) in [6.07, 6.45) is -4.76. The first-order chi connectivity index (χ1) is 9.45. The maximum Gasteiger partial charge on any atom is 0.416 e. The fourth-order valence-electron chi connectivity index (χ4n) is 2.38. The molecule has 0 aliphatic carbocycles. The van der Waals surface area contributed by atoms with Gasteiger partial charge in [0.25, 0.3) is 0 Å². The van der Waals surface area contributed by atoms with Crippen LogP contribution < -0.4 is 5.73 Å². The number of nitrogens with two attached hydrogens (primary N) is 1. The predicted molar refractivity (Wildman–Crippen MR) is 65.9 cm³/mol. The third kappa shape index (κ3) is 2.87. The lowest BCUT2D eigenvalue weighted by Crippen LogP contribution is -2.43. The van der Waals surface area contributed by atoms with Crippen LogP contribution in [0, 0.1) is 0 Å². The van der Waals surface area contributed by atoms with Crippen molar-refractivity contribution in [2.75, 3.05) is 19.7 Å². The summed E-state index contributed by atoms with van der Waals surface area (Å²) < 4.78 is 44.0. The number of hydrogen-bond donors (Lipinski definition) is 1. The van der Waals surface area contributed by atoms with E-state index in [1.54, 1.807) is 0 Å². The Kier molecular flexibility index (Phi) is 4.17. The summed E-state index contributed by atoms with van der Waals surface area (Å²) in [5.41, 5.74) is 4.78. The average Bonchev–Trinajstić information content (AvgIpc) is 2.40. The van der Waals surface area contributed by atoms with E-state index < -0.39 is 23.9 Å². The zero-order valence-corrected chi connectivity index (χ0v) is 10.7. The highest BCUT2D eigenvalue weighted by atomic mass is 19.4. The van der Waals surface area contributed by atoms with E-state index >= 15 is 0 Å². The van der Waals surface area contributed by atoms with Crippen molar-refractivity contribution in [2.24, 2.45) is 5.73 Å². The molecule has 7 heteroatoms. The molecule has 1 saturated heterocycles. The lowest BCUT2D eigenvalue weighted by molar-refractivity contribution is -0.139. The first kappa shape index (κ1) is 14.6. The van der Waals surface area contributed by atoms with E-state index in [9.17, 15) is 18.0 Å². The number of ether oxygens (including phenoxy) is 1. The summed E-state index contributed by atoms with van der Waals surface area (Å²) in [6, 6.07) is 4.63. The quantitative estimate of drug-likeness (QED) is 0.930. The summed E-state index contributed by atoms with van der Waals surface area (Å²) in [6.45, 7) is 0.437. The van der Waals surface area contributed by atoms with Crippen molar-refractivity contribution in [3.63, 3.8) is 0 Å². The zero-order chi connectivity index (χ0) is 14.8. The van der Waals surface area contributed by atoms with Gasteiger partial charge in [-0.2, -0.15) is 13.2 Å². The van der Waals surface area contributed by atoms with Crippen LogP contribution in [-0.4, -0.2) is 30.7 Å². The van der Waals surface area contributed by atoms with Gasteiger partial charge in [0.05, 0.1) is 18.2 Å². The van der Waals surface area contributed by atoms with Gasteiger partial charge in [-0.1, -0.05) is 18.2 Å². The Bertz CT molecular complexity index is 491. The van der Waals surface area contributed by atoms with Gasteiger partial charge in [-0.25, -0.2) is 4.79 Å². The van der Waals surface area contributed by atoms with Gasteiger partial charge in [0.2, 0.25) is 0 Å². The van der Waals surface area contributed by atoms with Gasteiger partial charge in [-0.15, -0.1) is 0 Å². The molecule has 0 spiro atoms. The highest BCUT2D eigenvalue weighted by Crippen LogP contribution is 2.38. The molecule has 1 unspecified atom stereocenters. The molecule has 1 aliphatic heterocycles. The van der Waals surface area contributed by atoms with Gasteiger partial charge in [0.15, 0.2) is 0 Å². The van der Waals surface area contributed by atoms with Crippen molar-refractivity contribution in [3.05, 3.63) is 35.4 Å². The van der Waals surface area contributed by atoms with Crippen LogP contribution >= 0.6 is 0 Å². The molecule has 1 amide bonds. The zero-order valence-electron chi connectivity index (χ0n) is 10.7. The van der Waals surface area contributed by atoms with E-state index in [1.165, 1.54) is 23.1 Å². The van der Waals surface area contributed by atoms with Gasteiger partial charge in [-0.3, -0.25) is 4.90 Å². The van der Waals surface area contributed by atoms with Crippen molar-refractivity contribution in [1.82, 2.24) is 4.90 Å². The Morgan fingerprint density at radius 1 is 1.35 bits per heavy atom. The summed E-state index contributed by atoms with van der Waals surface area (Å²) in [5, 5.41) is 0. The van der Waals surface area contributed by atoms with Crippen molar-refractivity contribution < 1.29 is 22.7 Å². The molecule has 0 bridgehead atoms. The van der Waals surface area contributed by atoms with E-state index in [-0.39, 0.29) is 25.3 Å². The van der Waals surface area contributed by atoms with Crippen molar-refractivity contribution in [3.8, 4) is 0 Å². The van der Waals surface area contributed by atoms with Crippen LogP contribution in [0.1, 0.15) is 23.6 Å². The topological polar surface area (TPSA) is 55.6 Å². The Hall–Kier alpha value is -1.76. The minimum absolute atomic E-state index is 0.0881. The number of halogens is 3. The highest BCUT2D eigenvalue weighted by Gasteiger charge is 2.38. The van der Waals surface area contributed by atoms with Crippen molar-refractivity contribution in [2.45, 2.75) is 18.6 Å². The Balaban J connectivity index is 2.41. The number of carbonyl (C=O) groups excluding carboxylic acids is 1. The fourth-order valence-corrected chi connectivity index (χ4v) is 2.38. The molecule has 1 fully saturated rings. The largest absolute Gasteiger partial charge is 0.449 e. The molecule has 0 radical (unpaired) electrons. The second-order valence-corrected chi connectivity index (χ2v) is 4.49. The second-order valence-electron chi connectivity index (χ2n) is 4.49. The molecule has 1 aromatic rings. The van der Waals surface area contributed by atoms with E-state index in [2.05, 4.69) is 0 Å². The number of hydrogen-bond acceptors (Lipinski definition) is 3. The third-order valence-electron chi connectivity index (χ3n) is 3.22. The second kappa shape index (κ2) is 5.70. The first-order valence-electron chi connectivity index (χ1n) is 6.24. The SMILES string of the molecule is NCCN1C(=O)OCCC1c1ccccc1C(F)(F)F. The number of cyclic esters (lactones) is 1.